The van der Waals surface area contributed by atoms with Gasteiger partial charge in [-0.15, -0.1) is 5.10 Å². The molecule has 0 spiro atoms. The van der Waals surface area contributed by atoms with E-state index < -0.39 is 10.0 Å². The van der Waals surface area contributed by atoms with Crippen LogP contribution in [-0.4, -0.2) is 37.0 Å². The highest BCUT2D eigenvalue weighted by molar-refractivity contribution is 7.89. The molecule has 0 saturated carbocycles. The fraction of sp³-hybridized carbons (Fsp3) is 0.308. The first kappa shape index (κ1) is 17.8. The summed E-state index contributed by atoms with van der Waals surface area (Å²) in [5.74, 6) is -0.307. The number of carbonyl (C=O) groups excluding carboxylic acids is 1. The molecule has 23 heavy (non-hydrogen) atoms. The lowest BCUT2D eigenvalue weighted by molar-refractivity contribution is 0.0957. The van der Waals surface area contributed by atoms with Gasteiger partial charge in [-0.3, -0.25) is 4.79 Å². The van der Waals surface area contributed by atoms with Crippen molar-refractivity contribution in [2.24, 2.45) is 0 Å². The number of aryl methyl sites for hydroxylation is 1. The van der Waals surface area contributed by atoms with Crippen LogP contribution in [0.3, 0.4) is 0 Å². The van der Waals surface area contributed by atoms with Gasteiger partial charge in [-0.2, -0.15) is 0 Å². The van der Waals surface area contributed by atoms with Crippen molar-refractivity contribution in [3.8, 4) is 0 Å². The van der Waals surface area contributed by atoms with E-state index in [2.05, 4.69) is 19.6 Å². The van der Waals surface area contributed by atoms with Crippen LogP contribution < -0.4 is 10.0 Å². The quantitative estimate of drug-likeness (QED) is 0.714. The fourth-order valence-corrected chi connectivity index (χ4v) is 3.77. The maximum absolute atomic E-state index is 12.1. The minimum Gasteiger partial charge on any atom is -0.350 e. The molecule has 7 nitrogen and oxygen atoms in total. The van der Waals surface area contributed by atoms with Gasteiger partial charge in [0, 0.05) is 18.1 Å². The van der Waals surface area contributed by atoms with E-state index in [1.165, 1.54) is 12.1 Å². The Labute approximate surface area is 143 Å². The number of nitrogens with zero attached hydrogens (tertiary/aromatic N) is 2. The standard InChI is InChI=1S/C13H15ClN4O3S2/c1-2-11-12(22-18-17-11)13(19)15-6-7-16-23(20,21)10-5-3-4-9(14)8-10/h3-5,8,16H,2,6-7H2,1H3,(H,15,19). The first-order chi connectivity index (χ1) is 10.9. The summed E-state index contributed by atoms with van der Waals surface area (Å²) in [4.78, 5) is 12.5. The molecule has 2 rings (SSSR count). The molecule has 2 N–H and O–H groups in total. The number of nitrogens with one attached hydrogen (secondary N) is 2. The summed E-state index contributed by atoms with van der Waals surface area (Å²) in [5, 5.41) is 6.83. The summed E-state index contributed by atoms with van der Waals surface area (Å²) in [6, 6.07) is 5.96. The van der Waals surface area contributed by atoms with E-state index in [0.717, 1.165) is 11.5 Å². The van der Waals surface area contributed by atoms with Gasteiger partial charge in [-0.05, 0) is 36.2 Å². The van der Waals surface area contributed by atoms with Crippen molar-refractivity contribution in [2.75, 3.05) is 13.1 Å². The lowest BCUT2D eigenvalue weighted by Crippen LogP contribution is -2.34. The third-order valence-electron chi connectivity index (χ3n) is 2.91. The van der Waals surface area contributed by atoms with Crippen LogP contribution in [0.5, 0.6) is 0 Å². The van der Waals surface area contributed by atoms with Gasteiger partial charge in [0.2, 0.25) is 10.0 Å². The predicted molar refractivity (Wildman–Crippen MR) is 88.3 cm³/mol. The van der Waals surface area contributed by atoms with E-state index in [-0.39, 0.29) is 23.9 Å². The Kier molecular flexibility index (Phi) is 6.05. The molecule has 2 aromatic rings. The minimum atomic E-state index is -3.66. The van der Waals surface area contributed by atoms with Gasteiger partial charge in [-0.25, -0.2) is 13.1 Å². The number of halogens is 1. The van der Waals surface area contributed by atoms with Gasteiger partial charge in [-0.1, -0.05) is 29.1 Å². The maximum atomic E-state index is 12.1. The summed E-state index contributed by atoms with van der Waals surface area (Å²) in [6.45, 7) is 2.10. The van der Waals surface area contributed by atoms with Crippen molar-refractivity contribution in [3.05, 3.63) is 39.9 Å². The van der Waals surface area contributed by atoms with Crippen LogP contribution >= 0.6 is 23.1 Å². The van der Waals surface area contributed by atoms with Crippen molar-refractivity contribution in [3.63, 3.8) is 0 Å². The van der Waals surface area contributed by atoms with Crippen LogP contribution in [0.4, 0.5) is 0 Å². The van der Waals surface area contributed by atoms with Gasteiger partial charge in [0.1, 0.15) is 4.88 Å². The van der Waals surface area contributed by atoms with E-state index in [9.17, 15) is 13.2 Å². The van der Waals surface area contributed by atoms with E-state index in [1.807, 2.05) is 6.92 Å². The summed E-state index contributed by atoms with van der Waals surface area (Å²) < 4.78 is 30.3. The van der Waals surface area contributed by atoms with E-state index in [0.29, 0.717) is 22.0 Å². The number of sulfonamides is 1. The molecule has 0 fully saturated rings. The van der Waals surface area contributed by atoms with E-state index in [1.54, 1.807) is 12.1 Å². The Hall–Kier alpha value is -1.55. The van der Waals surface area contributed by atoms with Crippen LogP contribution in [0.1, 0.15) is 22.3 Å². The highest BCUT2D eigenvalue weighted by Gasteiger charge is 2.16. The van der Waals surface area contributed by atoms with Gasteiger partial charge < -0.3 is 5.32 Å². The van der Waals surface area contributed by atoms with Crippen LogP contribution in [0.2, 0.25) is 5.02 Å². The maximum Gasteiger partial charge on any atom is 0.264 e. The second kappa shape index (κ2) is 7.82. The normalized spacial score (nSPS) is 11.4. The van der Waals surface area contributed by atoms with Crippen molar-refractivity contribution in [1.29, 1.82) is 0 Å². The number of aromatic nitrogens is 2. The molecular weight excluding hydrogens is 360 g/mol. The second-order valence-corrected chi connectivity index (χ2v) is 7.47. The summed E-state index contributed by atoms with van der Waals surface area (Å²) in [7, 11) is -3.66. The molecule has 0 atom stereocenters. The minimum absolute atomic E-state index is 0.0638. The van der Waals surface area contributed by atoms with E-state index >= 15 is 0 Å². The zero-order chi connectivity index (χ0) is 16.9. The van der Waals surface area contributed by atoms with Gasteiger partial charge >= 0.3 is 0 Å². The fourth-order valence-electron chi connectivity index (χ4n) is 1.77. The van der Waals surface area contributed by atoms with Crippen molar-refractivity contribution < 1.29 is 13.2 Å². The molecule has 0 bridgehead atoms. The number of hydrogen-bond donors (Lipinski definition) is 2. The largest absolute Gasteiger partial charge is 0.350 e. The predicted octanol–water partition coefficient (Wildman–Crippen LogP) is 1.46. The Morgan fingerprint density at radius 3 is 2.83 bits per heavy atom. The molecule has 124 valence electrons. The van der Waals surface area contributed by atoms with Crippen LogP contribution in [0.15, 0.2) is 29.2 Å². The van der Waals surface area contributed by atoms with Gasteiger partial charge in [0.25, 0.3) is 5.91 Å². The van der Waals surface area contributed by atoms with Crippen LogP contribution in [0, 0.1) is 0 Å². The van der Waals surface area contributed by atoms with Gasteiger partial charge in [0.05, 0.1) is 10.6 Å². The Bertz CT molecular complexity index is 792. The highest BCUT2D eigenvalue weighted by Crippen LogP contribution is 2.15. The Morgan fingerprint density at radius 1 is 1.35 bits per heavy atom. The molecule has 0 aliphatic heterocycles. The first-order valence-electron chi connectivity index (χ1n) is 6.78. The first-order valence-corrected chi connectivity index (χ1v) is 9.42. The molecule has 0 aliphatic rings. The third kappa shape index (κ3) is 4.71. The number of amides is 1. The Morgan fingerprint density at radius 2 is 2.13 bits per heavy atom. The monoisotopic (exact) mass is 374 g/mol. The molecule has 0 aliphatic carbocycles. The summed E-state index contributed by atoms with van der Waals surface area (Å²) in [6.07, 6.45) is 0.612. The van der Waals surface area contributed by atoms with Crippen LogP contribution in [-0.2, 0) is 16.4 Å². The third-order valence-corrected chi connectivity index (χ3v) is 5.37. The molecule has 0 unspecified atom stereocenters. The van der Waals surface area contributed by atoms with Gasteiger partial charge in [0.15, 0.2) is 0 Å². The zero-order valence-corrected chi connectivity index (χ0v) is 14.6. The molecule has 1 aromatic heterocycles. The summed E-state index contributed by atoms with van der Waals surface area (Å²) >= 11 is 6.80. The molecule has 0 saturated heterocycles. The summed E-state index contributed by atoms with van der Waals surface area (Å²) in [5.41, 5.74) is 0.631. The molecule has 1 aromatic carbocycles. The molecule has 1 heterocycles. The SMILES string of the molecule is CCc1nnsc1C(=O)NCCNS(=O)(=O)c1cccc(Cl)c1. The lowest BCUT2D eigenvalue weighted by atomic mass is 10.3. The molecule has 10 heteroatoms. The Balaban J connectivity index is 1.86. The topological polar surface area (TPSA) is 101 Å². The van der Waals surface area contributed by atoms with Crippen LogP contribution in [0.25, 0.3) is 0 Å². The molecule has 1 amide bonds. The van der Waals surface area contributed by atoms with Crippen molar-refractivity contribution >= 4 is 39.1 Å². The average Bonchev–Trinajstić information content (AvgIpc) is 3.00. The number of hydrogen-bond acceptors (Lipinski definition) is 6. The zero-order valence-electron chi connectivity index (χ0n) is 12.2. The van der Waals surface area contributed by atoms with E-state index in [4.69, 9.17) is 11.6 Å². The molecular formula is C13H15ClN4O3S2. The lowest BCUT2D eigenvalue weighted by Gasteiger charge is -2.08. The number of carbonyl (C=O) groups is 1. The smallest absolute Gasteiger partial charge is 0.264 e. The highest BCUT2D eigenvalue weighted by atomic mass is 35.5. The number of benzene rings is 1. The average molecular weight is 375 g/mol. The number of rotatable bonds is 7. The molecule has 0 radical (unpaired) electrons. The van der Waals surface area contributed by atoms with Crippen molar-refractivity contribution in [2.45, 2.75) is 18.2 Å². The second-order valence-electron chi connectivity index (χ2n) is 4.51. The van der Waals surface area contributed by atoms with Crippen molar-refractivity contribution in [1.82, 2.24) is 19.6 Å².